The van der Waals surface area contributed by atoms with Crippen LogP contribution in [0.25, 0.3) is 19.2 Å². The molecule has 49 heavy (non-hydrogen) atoms. The predicted octanol–water partition coefficient (Wildman–Crippen LogP) is 13.8. The highest BCUT2D eigenvalue weighted by atomic mass is 32.2. The highest BCUT2D eigenvalue weighted by Gasteiger charge is 2.17. The van der Waals surface area contributed by atoms with E-state index in [1.54, 1.807) is 59.7 Å². The second kappa shape index (κ2) is 16.1. The fourth-order valence-corrected chi connectivity index (χ4v) is 10.9. The minimum absolute atomic E-state index is 0.340. The molecule has 4 aromatic heterocycles. The summed E-state index contributed by atoms with van der Waals surface area (Å²) in [5.74, 6) is 0. The molecule has 0 aliphatic heterocycles. The number of hydrogen-bond acceptors (Lipinski definition) is 6. The van der Waals surface area contributed by atoms with Gasteiger partial charge in [-0.15, -0.1) is 45.3 Å². The van der Waals surface area contributed by atoms with Gasteiger partial charge >= 0.3 is 0 Å². The van der Waals surface area contributed by atoms with Gasteiger partial charge in [-0.25, -0.2) is 8.42 Å². The smallest absolute Gasteiger partial charge is 0.206 e. The van der Waals surface area contributed by atoms with Crippen LogP contribution in [0.4, 0.5) is 0 Å². The summed E-state index contributed by atoms with van der Waals surface area (Å²) in [7, 11) is -3.37. The molecule has 2 aliphatic rings. The highest BCUT2D eigenvalue weighted by molar-refractivity contribution is 7.91. The van der Waals surface area contributed by atoms with Crippen LogP contribution >= 0.6 is 45.3 Å². The van der Waals surface area contributed by atoms with Crippen LogP contribution in [0.2, 0.25) is 0 Å². The van der Waals surface area contributed by atoms with Crippen molar-refractivity contribution in [3.05, 3.63) is 150 Å². The molecule has 0 radical (unpaired) electrons. The lowest BCUT2D eigenvalue weighted by Gasteiger charge is -2.05. The van der Waals surface area contributed by atoms with Crippen molar-refractivity contribution in [3.8, 4) is 9.75 Å². The van der Waals surface area contributed by atoms with Crippen molar-refractivity contribution < 1.29 is 8.42 Å². The molecule has 254 valence electrons. The van der Waals surface area contributed by atoms with Gasteiger partial charge in [0.15, 0.2) is 0 Å². The SMILES string of the molecule is CC1=CC2=C(C=C(C)C2)C1.Cc1cc2sc(C)cc2s1.Cc1ccc(-c2ccc(C)s2)s1.Cc1ccc(S(=O)(=O)c2ccc(C)cc2)cc1. The Hall–Kier alpha value is -3.33. The van der Waals surface area contributed by atoms with Gasteiger partial charge in [0, 0.05) is 38.7 Å². The lowest BCUT2D eigenvalue weighted by atomic mass is 10.1. The first-order valence-electron chi connectivity index (χ1n) is 16.3. The fourth-order valence-electron chi connectivity index (χ4n) is 5.59. The Balaban J connectivity index is 0.000000131. The van der Waals surface area contributed by atoms with Gasteiger partial charge in [-0.2, -0.15) is 0 Å². The normalized spacial score (nSPS) is 13.5. The van der Waals surface area contributed by atoms with Crippen molar-refractivity contribution >= 4 is 64.6 Å². The maximum atomic E-state index is 12.3. The number of hydrogen-bond donors (Lipinski definition) is 0. The van der Waals surface area contributed by atoms with Crippen LogP contribution in [0, 0.1) is 41.5 Å². The Bertz CT molecular complexity index is 2060. The van der Waals surface area contributed by atoms with Gasteiger partial charge in [0.1, 0.15) is 0 Å². The molecule has 0 saturated heterocycles. The third-order valence-corrected chi connectivity index (χ3v) is 14.1. The average Bonchev–Trinajstić information content (AvgIpc) is 3.89. The summed E-state index contributed by atoms with van der Waals surface area (Å²) in [5, 5.41) is 0. The van der Waals surface area contributed by atoms with Gasteiger partial charge in [-0.05, 0) is 140 Å². The van der Waals surface area contributed by atoms with Crippen LogP contribution in [0.3, 0.4) is 0 Å². The Labute approximate surface area is 308 Å². The average molecular weight is 741 g/mol. The monoisotopic (exact) mass is 740 g/mol. The number of aryl methyl sites for hydroxylation is 6. The van der Waals surface area contributed by atoms with Gasteiger partial charge < -0.3 is 0 Å². The lowest BCUT2D eigenvalue weighted by Crippen LogP contribution is -2.01. The van der Waals surface area contributed by atoms with E-state index in [1.807, 2.05) is 59.2 Å². The summed E-state index contributed by atoms with van der Waals surface area (Å²) in [5.41, 5.74) is 8.27. The molecule has 7 heteroatoms. The summed E-state index contributed by atoms with van der Waals surface area (Å²) < 4.78 is 27.4. The van der Waals surface area contributed by atoms with Gasteiger partial charge in [0.2, 0.25) is 9.84 Å². The number of rotatable bonds is 3. The van der Waals surface area contributed by atoms with Gasteiger partial charge in [-0.3, -0.25) is 0 Å². The molecule has 2 aromatic carbocycles. The van der Waals surface area contributed by atoms with Crippen LogP contribution in [0.5, 0.6) is 0 Å². The van der Waals surface area contributed by atoms with Crippen molar-refractivity contribution in [1.29, 1.82) is 0 Å². The Kier molecular flexibility index (Phi) is 12.2. The third-order valence-electron chi connectivity index (χ3n) is 8.03. The first kappa shape index (κ1) is 36.9. The number of fused-ring (bicyclic) bond motifs is 1. The molecule has 8 rings (SSSR count). The molecule has 2 aliphatic carbocycles. The van der Waals surface area contributed by atoms with E-state index in [0.29, 0.717) is 9.79 Å². The maximum absolute atomic E-state index is 12.3. The fraction of sp³-hybridized carbons (Fsp3) is 0.238. The van der Waals surface area contributed by atoms with E-state index in [-0.39, 0.29) is 0 Å². The van der Waals surface area contributed by atoms with Crippen LogP contribution < -0.4 is 0 Å². The van der Waals surface area contributed by atoms with E-state index < -0.39 is 9.84 Å². The lowest BCUT2D eigenvalue weighted by molar-refractivity contribution is 0.596. The van der Waals surface area contributed by atoms with Crippen molar-refractivity contribution in [2.45, 2.75) is 78.0 Å². The molecule has 0 N–H and O–H groups in total. The Morgan fingerprint density at radius 1 is 0.449 bits per heavy atom. The maximum Gasteiger partial charge on any atom is 0.206 e. The van der Waals surface area contributed by atoms with Crippen molar-refractivity contribution in [3.63, 3.8) is 0 Å². The zero-order valence-electron chi connectivity index (χ0n) is 29.5. The number of sulfone groups is 1. The molecule has 0 amide bonds. The van der Waals surface area contributed by atoms with Crippen molar-refractivity contribution in [2.75, 3.05) is 0 Å². The first-order chi connectivity index (χ1) is 23.3. The van der Waals surface area contributed by atoms with Gasteiger partial charge in [-0.1, -0.05) is 58.7 Å². The number of allylic oxidation sites excluding steroid dienone is 6. The van der Waals surface area contributed by atoms with E-state index in [4.69, 9.17) is 0 Å². The van der Waals surface area contributed by atoms with E-state index in [9.17, 15) is 8.42 Å². The van der Waals surface area contributed by atoms with E-state index >= 15 is 0 Å². The highest BCUT2D eigenvalue weighted by Crippen LogP contribution is 2.36. The molecule has 0 spiro atoms. The first-order valence-corrected chi connectivity index (χ1v) is 21.1. The minimum Gasteiger partial charge on any atom is -0.219 e. The van der Waals surface area contributed by atoms with Gasteiger partial charge in [0.25, 0.3) is 0 Å². The largest absolute Gasteiger partial charge is 0.219 e. The molecule has 6 aromatic rings. The van der Waals surface area contributed by atoms with Crippen molar-refractivity contribution in [1.82, 2.24) is 0 Å². The Morgan fingerprint density at radius 3 is 1.14 bits per heavy atom. The quantitative estimate of drug-likeness (QED) is 0.181. The number of thiophene rings is 4. The van der Waals surface area contributed by atoms with Crippen LogP contribution in [0.15, 0.2) is 129 Å². The molecule has 0 bridgehead atoms. The van der Waals surface area contributed by atoms with Gasteiger partial charge in [0.05, 0.1) is 9.79 Å². The van der Waals surface area contributed by atoms with Crippen LogP contribution in [0.1, 0.15) is 57.3 Å². The molecule has 0 fully saturated rings. The predicted molar refractivity (Wildman–Crippen MR) is 218 cm³/mol. The van der Waals surface area contributed by atoms with Crippen LogP contribution in [-0.2, 0) is 9.84 Å². The summed E-state index contributed by atoms with van der Waals surface area (Å²) in [6.45, 7) is 16.9. The molecule has 0 atom stereocenters. The zero-order chi connectivity index (χ0) is 35.3. The minimum atomic E-state index is -3.37. The molecule has 0 unspecified atom stereocenters. The molecule has 2 nitrogen and oxygen atoms in total. The second-order valence-electron chi connectivity index (χ2n) is 12.8. The molecular weight excluding hydrogens is 697 g/mol. The van der Waals surface area contributed by atoms with Crippen molar-refractivity contribution in [2.24, 2.45) is 0 Å². The second-order valence-corrected chi connectivity index (χ2v) is 19.9. The van der Waals surface area contributed by atoms with E-state index in [2.05, 4.69) is 90.1 Å². The summed E-state index contributed by atoms with van der Waals surface area (Å²) >= 11 is 7.50. The topological polar surface area (TPSA) is 34.1 Å². The molecule has 4 heterocycles. The van der Waals surface area contributed by atoms with E-state index in [0.717, 1.165) is 11.1 Å². The zero-order valence-corrected chi connectivity index (χ0v) is 33.6. The summed E-state index contributed by atoms with van der Waals surface area (Å²) in [4.78, 5) is 9.07. The Morgan fingerprint density at radius 2 is 0.816 bits per heavy atom. The third kappa shape index (κ3) is 9.89. The summed E-state index contributed by atoms with van der Waals surface area (Å²) in [6.07, 6.45) is 7.07. The molecule has 0 saturated carbocycles. The van der Waals surface area contributed by atoms with Crippen LogP contribution in [-0.4, -0.2) is 8.42 Å². The number of benzene rings is 2. The molecular formula is C42H44O2S5. The standard InChI is InChI=1S/C14H14O2S.C10H10S2.C10H12.C8H8S2/c1-11-3-7-13(8-4-11)17(15,16)14-9-5-12(2)6-10-14;1-7-3-5-9(11-7)10-6-4-8(2)12-10;1-7-3-9-5-8(2)6-10(9)4-7;1-5-3-7-8(9-5)4-6(2)10-7/h3-10H,1-2H3;3-6H,1-2H3;3,6H,4-5H2,1-2H3;3-4H,1-2H3. The van der Waals surface area contributed by atoms with E-state index in [1.165, 1.54) is 62.7 Å². The summed E-state index contributed by atoms with van der Waals surface area (Å²) in [6, 6.07) is 27.1.